The van der Waals surface area contributed by atoms with Crippen LogP contribution in [0.4, 0.5) is 0 Å². The van der Waals surface area contributed by atoms with Gasteiger partial charge >= 0.3 is 83.1 Å². The van der Waals surface area contributed by atoms with Crippen molar-refractivity contribution in [1.82, 2.24) is 0 Å². The van der Waals surface area contributed by atoms with Crippen LogP contribution >= 0.6 is 0 Å². The normalized spacial score (nSPS) is 20.5. The van der Waals surface area contributed by atoms with E-state index >= 15 is 0 Å². The van der Waals surface area contributed by atoms with E-state index < -0.39 is 13.5 Å². The molecule has 0 amide bonds. The van der Waals surface area contributed by atoms with E-state index in [-0.39, 0.29) is 25.2 Å². The number of hydrogen-bond acceptors (Lipinski definition) is 3. The standard InChI is InChI=1S/C2H5O.4C2H5.2O.Ta/c1-2-3;4*1-2;;;/h2H2,1H3;4*1H2,2H3;;;/q-1;;;;;;;+1. The van der Waals surface area contributed by atoms with Gasteiger partial charge in [-0.3, -0.25) is 0 Å². The van der Waals surface area contributed by atoms with Crippen LogP contribution in [0, 0.1) is 0 Å². The second kappa shape index (κ2) is 2.70. The number of hydrogen-bond donors (Lipinski definition) is 0. The van der Waals surface area contributed by atoms with Crippen molar-refractivity contribution in [1.29, 1.82) is 0 Å². The molecular formula is C10H25O3Ta. The monoisotopic (exact) mass is 374 g/mol. The average molecular weight is 374 g/mol. The first kappa shape index (κ1) is 14.3. The summed E-state index contributed by atoms with van der Waals surface area (Å²) in [4.78, 5) is 0. The van der Waals surface area contributed by atoms with Gasteiger partial charge in [-0.1, -0.05) is 0 Å². The Morgan fingerprint density at radius 2 is 1.07 bits per heavy atom. The third-order valence-corrected chi connectivity index (χ3v) is 39.6. The first-order valence-corrected chi connectivity index (χ1v) is 18.7. The van der Waals surface area contributed by atoms with Gasteiger partial charge < -0.3 is 0 Å². The Morgan fingerprint density at radius 3 is 1.14 bits per heavy atom. The average Bonchev–Trinajstić information content (AvgIpc) is 2.21. The molecule has 0 unspecified atom stereocenters. The molecule has 3 nitrogen and oxygen atoms in total. The van der Waals surface area contributed by atoms with Crippen molar-refractivity contribution in [3.05, 3.63) is 0 Å². The topological polar surface area (TPSA) is 43.4 Å². The maximum absolute atomic E-state index is 13.3. The van der Waals surface area contributed by atoms with Gasteiger partial charge in [-0.2, -0.15) is 0 Å². The minimum absolute atomic E-state index is 0.136. The van der Waals surface area contributed by atoms with Gasteiger partial charge in [0.05, 0.1) is 0 Å². The summed E-state index contributed by atoms with van der Waals surface area (Å²) in [5, 5.41) is 0. The molecule has 0 aromatic heterocycles. The van der Waals surface area contributed by atoms with Gasteiger partial charge in [0.2, 0.25) is 0 Å². The molecule has 0 aromatic carbocycles. The van der Waals surface area contributed by atoms with E-state index in [9.17, 15) is 6.50 Å². The summed E-state index contributed by atoms with van der Waals surface area (Å²) in [6.07, 6.45) is 0. The maximum atomic E-state index is 13.3. The SMILES string of the molecule is CC[O][Ta](=[O])(=[O])([CH2]C)([CH2]C)([CH2]C)[CH2]C. The second-order valence-corrected chi connectivity index (χ2v) is 37.2. The molecule has 0 bridgehead atoms. The summed E-state index contributed by atoms with van der Waals surface area (Å²) in [5.74, 6) is 0. The molecule has 0 N–H and O–H groups in total. The Hall–Kier alpha value is 0.300. The molecule has 0 aliphatic rings. The first-order valence-electron chi connectivity index (χ1n) is 5.64. The van der Waals surface area contributed by atoms with Crippen molar-refractivity contribution >= 4 is 0 Å². The zero-order chi connectivity index (χ0) is 11.6. The first-order chi connectivity index (χ1) is 6.13. The molecule has 0 aliphatic carbocycles. The number of rotatable bonds is 6. The van der Waals surface area contributed by atoms with E-state index in [0.717, 1.165) is 0 Å². The fourth-order valence-corrected chi connectivity index (χ4v) is 17.8. The molecule has 0 rings (SSSR count). The van der Waals surface area contributed by atoms with Gasteiger partial charge in [0, 0.05) is 0 Å². The van der Waals surface area contributed by atoms with Gasteiger partial charge in [0.15, 0.2) is 0 Å². The molecule has 0 spiro atoms. The van der Waals surface area contributed by atoms with Crippen LogP contribution in [-0.4, -0.2) is 6.61 Å². The summed E-state index contributed by atoms with van der Waals surface area (Å²) >= 11 is -6.31. The Morgan fingerprint density at radius 1 is 0.786 bits per heavy atom. The van der Waals surface area contributed by atoms with Crippen LogP contribution in [0.3, 0.4) is 0 Å². The van der Waals surface area contributed by atoms with Crippen LogP contribution in [0.5, 0.6) is 0 Å². The zero-order valence-electron chi connectivity index (χ0n) is 10.2. The van der Waals surface area contributed by atoms with Gasteiger partial charge in [-0.05, 0) is 0 Å². The molecule has 0 saturated carbocycles. The van der Waals surface area contributed by atoms with Crippen molar-refractivity contribution in [2.45, 2.75) is 53.2 Å². The summed E-state index contributed by atoms with van der Waals surface area (Å²) in [6.45, 7) is 8.87. The summed E-state index contributed by atoms with van der Waals surface area (Å²) in [6, 6.07) is 0. The zero-order valence-corrected chi connectivity index (χ0v) is 13.4. The van der Waals surface area contributed by atoms with Crippen molar-refractivity contribution < 1.29 is 23.3 Å². The van der Waals surface area contributed by atoms with Gasteiger partial charge in [-0.25, -0.2) is 0 Å². The van der Waals surface area contributed by atoms with Gasteiger partial charge in [-0.15, -0.1) is 0 Å². The van der Waals surface area contributed by atoms with E-state index in [4.69, 9.17) is 3.24 Å². The van der Waals surface area contributed by atoms with Crippen LogP contribution in [-0.2, 0) is 23.3 Å². The molecule has 0 atom stereocenters. The van der Waals surface area contributed by atoms with Crippen molar-refractivity contribution in [2.24, 2.45) is 0 Å². The second-order valence-electron chi connectivity index (χ2n) is 4.80. The summed E-state index contributed by atoms with van der Waals surface area (Å²) in [5.41, 5.74) is 0. The van der Waals surface area contributed by atoms with Crippen LogP contribution < -0.4 is 0 Å². The van der Waals surface area contributed by atoms with E-state index in [2.05, 4.69) is 0 Å². The van der Waals surface area contributed by atoms with Crippen LogP contribution in [0.15, 0.2) is 0 Å². The Kier molecular flexibility index (Phi) is 2.76. The molecule has 0 heterocycles. The predicted molar refractivity (Wildman–Crippen MR) is 54.9 cm³/mol. The summed E-state index contributed by atoms with van der Waals surface area (Å²) in [7, 11) is 0. The molecule has 14 heavy (non-hydrogen) atoms. The van der Waals surface area contributed by atoms with Crippen molar-refractivity contribution in [2.75, 3.05) is 6.61 Å². The fraction of sp³-hybridized carbons (Fsp3) is 1.00. The molecule has 0 radical (unpaired) electrons. The molecule has 88 valence electrons. The Balaban J connectivity index is 6.21. The van der Waals surface area contributed by atoms with Crippen molar-refractivity contribution in [3.8, 4) is 0 Å². The van der Waals surface area contributed by atoms with Crippen molar-refractivity contribution in [3.63, 3.8) is 0 Å². The minimum atomic E-state index is -6.31. The van der Waals surface area contributed by atoms with Gasteiger partial charge in [0.1, 0.15) is 0 Å². The molecular weight excluding hydrogens is 349 g/mol. The van der Waals surface area contributed by atoms with E-state index in [1.807, 2.05) is 0 Å². The van der Waals surface area contributed by atoms with E-state index in [0.29, 0.717) is 0 Å². The molecule has 4 heteroatoms. The van der Waals surface area contributed by atoms with E-state index in [1.165, 1.54) is 0 Å². The van der Waals surface area contributed by atoms with E-state index in [1.54, 1.807) is 34.6 Å². The van der Waals surface area contributed by atoms with Gasteiger partial charge in [0.25, 0.3) is 0 Å². The Bertz CT molecular complexity index is 355. The third kappa shape index (κ3) is 1.60. The van der Waals surface area contributed by atoms with Crippen LogP contribution in [0.1, 0.15) is 34.6 Å². The molecule has 0 fully saturated rings. The third-order valence-electron chi connectivity index (χ3n) is 4.83. The quantitative estimate of drug-likeness (QED) is 0.702. The Labute approximate surface area is 83.1 Å². The molecule has 0 saturated heterocycles. The molecule has 0 aromatic rings. The predicted octanol–water partition coefficient (Wildman–Crippen LogP) is 4.14. The van der Waals surface area contributed by atoms with Crippen LogP contribution in [0.2, 0.25) is 18.6 Å². The summed E-state index contributed by atoms with van der Waals surface area (Å²) < 4.78 is 32.7. The van der Waals surface area contributed by atoms with Crippen LogP contribution in [0.25, 0.3) is 0 Å². The molecule has 0 aliphatic heterocycles. The fourth-order valence-electron chi connectivity index (χ4n) is 2.18.